The third-order valence-electron chi connectivity index (χ3n) is 2.49. The van der Waals surface area contributed by atoms with Gasteiger partial charge < -0.3 is 10.4 Å². The van der Waals surface area contributed by atoms with E-state index in [9.17, 15) is 9.90 Å². The second kappa shape index (κ2) is 5.46. The van der Waals surface area contributed by atoms with Crippen molar-refractivity contribution in [2.24, 2.45) is 5.41 Å². The Morgan fingerprint density at radius 1 is 1.56 bits per heavy atom. The Balaban J connectivity index is 2.29. The van der Waals surface area contributed by atoms with Gasteiger partial charge in [0.15, 0.2) is 0 Å². The minimum absolute atomic E-state index is 0.0673. The number of amides is 1. The monoisotopic (exact) mass is 241 g/mol. The van der Waals surface area contributed by atoms with Gasteiger partial charge in [-0.2, -0.15) is 11.3 Å². The van der Waals surface area contributed by atoms with Crippen LogP contribution < -0.4 is 5.32 Å². The standard InChI is InChI=1S/C12H19NO2S/c1-12(2,3)10(14)4-6-13-11(15)9-5-7-16-8-9/h5,7-8,10,14H,4,6H2,1-3H3,(H,13,15)/t10-/m1/s1. The molecule has 0 bridgehead atoms. The van der Waals surface area contributed by atoms with E-state index in [-0.39, 0.29) is 11.3 Å². The number of nitrogens with one attached hydrogen (secondary N) is 1. The van der Waals surface area contributed by atoms with Crippen LogP contribution in [0.25, 0.3) is 0 Å². The lowest BCUT2D eigenvalue weighted by Crippen LogP contribution is -2.32. The van der Waals surface area contributed by atoms with Gasteiger partial charge in [-0.25, -0.2) is 0 Å². The highest BCUT2D eigenvalue weighted by atomic mass is 32.1. The van der Waals surface area contributed by atoms with Crippen LogP contribution in [0.1, 0.15) is 37.6 Å². The van der Waals surface area contributed by atoms with Gasteiger partial charge in [-0.15, -0.1) is 0 Å². The molecule has 0 aliphatic carbocycles. The van der Waals surface area contributed by atoms with Gasteiger partial charge in [0.05, 0.1) is 6.10 Å². The summed E-state index contributed by atoms with van der Waals surface area (Å²) in [5.41, 5.74) is 0.558. The first-order chi connectivity index (χ1) is 7.41. The smallest absolute Gasteiger partial charge is 0.252 e. The van der Waals surface area contributed by atoms with Crippen LogP contribution in [0.3, 0.4) is 0 Å². The number of aliphatic hydroxyl groups excluding tert-OH is 1. The van der Waals surface area contributed by atoms with Crippen molar-refractivity contribution in [2.45, 2.75) is 33.3 Å². The third-order valence-corrected chi connectivity index (χ3v) is 3.17. The Hall–Kier alpha value is -0.870. The molecule has 0 saturated carbocycles. The molecule has 0 radical (unpaired) electrons. The van der Waals surface area contributed by atoms with Crippen LogP contribution in [-0.4, -0.2) is 23.7 Å². The fourth-order valence-electron chi connectivity index (χ4n) is 1.25. The van der Waals surface area contributed by atoms with Gasteiger partial charge in [-0.1, -0.05) is 20.8 Å². The number of hydrogen-bond donors (Lipinski definition) is 2. The fraction of sp³-hybridized carbons (Fsp3) is 0.583. The van der Waals surface area contributed by atoms with Gasteiger partial charge >= 0.3 is 0 Å². The van der Waals surface area contributed by atoms with Crippen LogP contribution in [0.5, 0.6) is 0 Å². The summed E-state index contributed by atoms with van der Waals surface area (Å²) < 4.78 is 0. The largest absolute Gasteiger partial charge is 0.393 e. The van der Waals surface area contributed by atoms with E-state index < -0.39 is 6.10 Å². The zero-order valence-corrected chi connectivity index (χ0v) is 10.8. The summed E-state index contributed by atoms with van der Waals surface area (Å²) in [5, 5.41) is 16.3. The third kappa shape index (κ3) is 3.94. The van der Waals surface area contributed by atoms with Crippen LogP contribution in [0, 0.1) is 5.41 Å². The number of rotatable bonds is 4. The maximum Gasteiger partial charge on any atom is 0.252 e. The van der Waals surface area contributed by atoms with Crippen molar-refractivity contribution in [1.29, 1.82) is 0 Å². The first-order valence-corrected chi connectivity index (χ1v) is 6.34. The molecule has 3 nitrogen and oxygen atoms in total. The molecule has 2 N–H and O–H groups in total. The normalized spacial score (nSPS) is 13.5. The number of hydrogen-bond acceptors (Lipinski definition) is 3. The van der Waals surface area contributed by atoms with E-state index in [2.05, 4.69) is 5.32 Å². The molecule has 1 aromatic rings. The maximum absolute atomic E-state index is 11.6. The molecule has 1 heterocycles. The average molecular weight is 241 g/mol. The molecule has 16 heavy (non-hydrogen) atoms. The first kappa shape index (κ1) is 13.2. The maximum atomic E-state index is 11.6. The molecule has 0 aliphatic heterocycles. The molecule has 0 aromatic carbocycles. The summed E-state index contributed by atoms with van der Waals surface area (Å²) in [6.07, 6.45) is 0.189. The van der Waals surface area contributed by atoms with Crippen LogP contribution in [0.4, 0.5) is 0 Å². The molecule has 4 heteroatoms. The SMILES string of the molecule is CC(C)(C)[C@H](O)CCNC(=O)c1ccsc1. The average Bonchev–Trinajstić information content (AvgIpc) is 2.68. The lowest BCUT2D eigenvalue weighted by molar-refractivity contribution is 0.0551. The second-order valence-electron chi connectivity index (χ2n) is 4.94. The molecule has 0 spiro atoms. The lowest BCUT2D eigenvalue weighted by atomic mass is 9.87. The fourth-order valence-corrected chi connectivity index (χ4v) is 1.89. The van der Waals surface area contributed by atoms with Crippen molar-refractivity contribution in [3.05, 3.63) is 22.4 Å². The Kier molecular flexibility index (Phi) is 4.50. The van der Waals surface area contributed by atoms with Gasteiger partial charge in [-0.05, 0) is 23.3 Å². The zero-order valence-electron chi connectivity index (χ0n) is 9.99. The molecule has 0 unspecified atom stereocenters. The minimum Gasteiger partial charge on any atom is -0.393 e. The van der Waals surface area contributed by atoms with Crippen molar-refractivity contribution in [1.82, 2.24) is 5.32 Å². The van der Waals surface area contributed by atoms with Crippen molar-refractivity contribution in [3.8, 4) is 0 Å². The van der Waals surface area contributed by atoms with Crippen LogP contribution in [-0.2, 0) is 0 Å². The summed E-state index contributed by atoms with van der Waals surface area (Å²) in [5.74, 6) is -0.0673. The van der Waals surface area contributed by atoms with E-state index >= 15 is 0 Å². The van der Waals surface area contributed by atoms with Crippen LogP contribution in [0.15, 0.2) is 16.8 Å². The van der Waals surface area contributed by atoms with Gasteiger partial charge in [0.2, 0.25) is 0 Å². The molecule has 1 atom stereocenters. The molecular weight excluding hydrogens is 222 g/mol. The van der Waals surface area contributed by atoms with E-state index in [1.165, 1.54) is 11.3 Å². The summed E-state index contributed by atoms with van der Waals surface area (Å²) in [6.45, 7) is 6.46. The zero-order chi connectivity index (χ0) is 12.2. The van der Waals surface area contributed by atoms with Gasteiger partial charge in [0.1, 0.15) is 0 Å². The summed E-state index contributed by atoms with van der Waals surface area (Å²) in [4.78, 5) is 11.6. The predicted octanol–water partition coefficient (Wildman–Crippen LogP) is 2.28. The summed E-state index contributed by atoms with van der Waals surface area (Å²) in [6, 6.07) is 1.79. The highest BCUT2D eigenvalue weighted by Gasteiger charge is 2.21. The lowest BCUT2D eigenvalue weighted by Gasteiger charge is -2.25. The number of carbonyl (C=O) groups is 1. The molecule has 1 rings (SSSR count). The quantitative estimate of drug-likeness (QED) is 0.849. The van der Waals surface area contributed by atoms with E-state index in [1.807, 2.05) is 31.5 Å². The molecule has 0 aliphatic rings. The highest BCUT2D eigenvalue weighted by Crippen LogP contribution is 2.20. The van der Waals surface area contributed by atoms with E-state index in [0.29, 0.717) is 18.5 Å². The van der Waals surface area contributed by atoms with Gasteiger partial charge in [-0.3, -0.25) is 4.79 Å². The molecule has 0 saturated heterocycles. The van der Waals surface area contributed by atoms with Crippen LogP contribution >= 0.6 is 11.3 Å². The molecule has 0 fully saturated rings. The van der Waals surface area contributed by atoms with Gasteiger partial charge in [0.25, 0.3) is 5.91 Å². The van der Waals surface area contributed by atoms with Crippen LogP contribution in [0.2, 0.25) is 0 Å². The molecule has 90 valence electrons. The Morgan fingerprint density at radius 3 is 2.75 bits per heavy atom. The van der Waals surface area contributed by atoms with Crippen molar-refractivity contribution >= 4 is 17.2 Å². The second-order valence-corrected chi connectivity index (χ2v) is 5.72. The van der Waals surface area contributed by atoms with E-state index in [1.54, 1.807) is 6.07 Å². The Morgan fingerprint density at radius 2 is 2.25 bits per heavy atom. The Labute approximate surface area is 100 Å². The van der Waals surface area contributed by atoms with Gasteiger partial charge in [0, 0.05) is 17.5 Å². The topological polar surface area (TPSA) is 49.3 Å². The summed E-state index contributed by atoms with van der Waals surface area (Å²) >= 11 is 1.50. The number of carbonyl (C=O) groups excluding carboxylic acids is 1. The van der Waals surface area contributed by atoms with Crippen molar-refractivity contribution in [2.75, 3.05) is 6.54 Å². The number of aliphatic hydroxyl groups is 1. The first-order valence-electron chi connectivity index (χ1n) is 5.39. The highest BCUT2D eigenvalue weighted by molar-refractivity contribution is 7.08. The van der Waals surface area contributed by atoms with Crippen molar-refractivity contribution < 1.29 is 9.90 Å². The minimum atomic E-state index is -0.393. The van der Waals surface area contributed by atoms with E-state index in [0.717, 1.165) is 0 Å². The Bertz CT molecular complexity index is 327. The molecule has 1 aromatic heterocycles. The molecular formula is C12H19NO2S. The van der Waals surface area contributed by atoms with Crippen molar-refractivity contribution in [3.63, 3.8) is 0 Å². The predicted molar refractivity (Wildman–Crippen MR) is 66.7 cm³/mol. The number of thiophene rings is 1. The van der Waals surface area contributed by atoms with E-state index in [4.69, 9.17) is 0 Å². The molecule has 1 amide bonds. The summed E-state index contributed by atoms with van der Waals surface area (Å²) in [7, 11) is 0.